The lowest BCUT2D eigenvalue weighted by atomic mass is 10.0. The number of carbonyl (C=O) groups excluding carboxylic acids is 1. The number of carbonyl (C=O) groups is 1. The van der Waals surface area contributed by atoms with Gasteiger partial charge in [-0.25, -0.2) is 4.79 Å². The van der Waals surface area contributed by atoms with E-state index in [1.165, 1.54) is 6.07 Å². The third-order valence-electron chi connectivity index (χ3n) is 4.17. The van der Waals surface area contributed by atoms with Crippen molar-refractivity contribution in [3.05, 3.63) is 28.3 Å². The summed E-state index contributed by atoms with van der Waals surface area (Å²) in [5.41, 5.74) is 0.0919. The Hall–Kier alpha value is -2.51. The molecular formula is C19H29N3O5. The second kappa shape index (κ2) is 8.92. The molecule has 0 unspecified atom stereocenters. The molecule has 1 heterocycles. The lowest BCUT2D eigenvalue weighted by Crippen LogP contribution is -2.46. The van der Waals surface area contributed by atoms with Crippen LogP contribution in [-0.2, 0) is 4.74 Å². The van der Waals surface area contributed by atoms with E-state index in [2.05, 4.69) is 5.32 Å². The number of ether oxygens (including phenoxy) is 2. The third kappa shape index (κ3) is 6.30. The Morgan fingerprint density at radius 2 is 2.00 bits per heavy atom. The maximum Gasteiger partial charge on any atom is 0.407 e. The summed E-state index contributed by atoms with van der Waals surface area (Å²) < 4.78 is 10.8. The first kappa shape index (κ1) is 20.8. The summed E-state index contributed by atoms with van der Waals surface area (Å²) in [4.78, 5) is 25.0. The summed E-state index contributed by atoms with van der Waals surface area (Å²) >= 11 is 0. The highest BCUT2D eigenvalue weighted by Crippen LogP contribution is 2.33. The van der Waals surface area contributed by atoms with Crippen molar-refractivity contribution in [2.45, 2.75) is 58.6 Å². The molecule has 0 saturated carbocycles. The van der Waals surface area contributed by atoms with Gasteiger partial charge in [0.25, 0.3) is 5.69 Å². The van der Waals surface area contributed by atoms with E-state index >= 15 is 0 Å². The van der Waals surface area contributed by atoms with Gasteiger partial charge in [-0.1, -0.05) is 6.92 Å². The summed E-state index contributed by atoms with van der Waals surface area (Å²) in [6.07, 6.45) is 1.81. The molecule has 1 fully saturated rings. The smallest absolute Gasteiger partial charge is 0.407 e. The number of anilines is 1. The van der Waals surface area contributed by atoms with Crippen LogP contribution in [0.1, 0.15) is 47.0 Å². The SMILES string of the molecule is CCCOc1ccc(N2CCC(NC(=O)OC(C)(C)C)CC2)c([N+](=O)[O-])c1. The Balaban J connectivity index is 1.98. The Morgan fingerprint density at radius 1 is 1.33 bits per heavy atom. The number of nitro benzene ring substituents is 1. The molecule has 150 valence electrons. The second-order valence-corrected chi connectivity index (χ2v) is 7.66. The topological polar surface area (TPSA) is 93.9 Å². The average molecular weight is 379 g/mol. The van der Waals surface area contributed by atoms with Gasteiger partial charge in [0.1, 0.15) is 17.0 Å². The first-order chi connectivity index (χ1) is 12.7. The van der Waals surface area contributed by atoms with Gasteiger partial charge in [0, 0.05) is 19.1 Å². The molecule has 0 bridgehead atoms. The van der Waals surface area contributed by atoms with E-state index in [4.69, 9.17) is 9.47 Å². The van der Waals surface area contributed by atoms with Crippen LogP contribution in [0.5, 0.6) is 5.75 Å². The molecular weight excluding hydrogens is 350 g/mol. The molecule has 0 atom stereocenters. The van der Waals surface area contributed by atoms with E-state index in [-0.39, 0.29) is 16.7 Å². The van der Waals surface area contributed by atoms with Gasteiger partial charge in [0.15, 0.2) is 0 Å². The molecule has 0 aromatic heterocycles. The van der Waals surface area contributed by atoms with Crippen LogP contribution >= 0.6 is 0 Å². The molecule has 1 aromatic rings. The van der Waals surface area contributed by atoms with Gasteiger partial charge >= 0.3 is 6.09 Å². The van der Waals surface area contributed by atoms with Crippen molar-refractivity contribution in [3.8, 4) is 5.75 Å². The van der Waals surface area contributed by atoms with Crippen LogP contribution < -0.4 is 15.0 Å². The number of benzene rings is 1. The molecule has 1 amide bonds. The summed E-state index contributed by atoms with van der Waals surface area (Å²) in [5, 5.41) is 14.4. The molecule has 1 aliphatic rings. The molecule has 0 radical (unpaired) electrons. The number of piperidine rings is 1. The van der Waals surface area contributed by atoms with Crippen LogP contribution in [0.4, 0.5) is 16.2 Å². The fraction of sp³-hybridized carbons (Fsp3) is 0.632. The van der Waals surface area contributed by atoms with Crippen molar-refractivity contribution in [1.82, 2.24) is 5.32 Å². The number of nitrogens with one attached hydrogen (secondary N) is 1. The standard InChI is InChI=1S/C19H29N3O5/c1-5-12-26-15-6-7-16(17(13-15)22(24)25)21-10-8-14(9-11-21)20-18(23)27-19(2,3)4/h6-7,13-14H,5,8-12H2,1-4H3,(H,20,23). The minimum Gasteiger partial charge on any atom is -0.493 e. The number of alkyl carbamates (subject to hydrolysis) is 1. The van der Waals surface area contributed by atoms with E-state index < -0.39 is 11.7 Å². The first-order valence-corrected chi connectivity index (χ1v) is 9.35. The average Bonchev–Trinajstić information content (AvgIpc) is 2.58. The van der Waals surface area contributed by atoms with Gasteiger partial charge in [0.05, 0.1) is 17.6 Å². The Bertz CT molecular complexity index is 664. The molecule has 1 aromatic carbocycles. The monoisotopic (exact) mass is 379 g/mol. The number of rotatable bonds is 6. The summed E-state index contributed by atoms with van der Waals surface area (Å²) in [6.45, 7) is 9.22. The van der Waals surface area contributed by atoms with Crippen LogP contribution in [0.15, 0.2) is 18.2 Å². The highest BCUT2D eigenvalue weighted by atomic mass is 16.6. The van der Waals surface area contributed by atoms with E-state index in [1.807, 2.05) is 32.6 Å². The van der Waals surface area contributed by atoms with Crippen molar-refractivity contribution < 1.29 is 19.2 Å². The van der Waals surface area contributed by atoms with Crippen molar-refractivity contribution in [1.29, 1.82) is 0 Å². The number of amides is 1. The molecule has 1 saturated heterocycles. The summed E-state index contributed by atoms with van der Waals surface area (Å²) in [5.74, 6) is 0.508. The molecule has 8 heteroatoms. The summed E-state index contributed by atoms with van der Waals surface area (Å²) in [7, 11) is 0. The minimum absolute atomic E-state index is 0.00215. The van der Waals surface area contributed by atoms with Gasteiger partial charge < -0.3 is 19.7 Å². The number of nitrogens with zero attached hydrogens (tertiary/aromatic N) is 2. The second-order valence-electron chi connectivity index (χ2n) is 7.66. The zero-order valence-corrected chi connectivity index (χ0v) is 16.5. The van der Waals surface area contributed by atoms with Crippen LogP contribution in [0, 0.1) is 10.1 Å². The Labute approximate surface area is 160 Å². The number of nitro groups is 1. The zero-order chi connectivity index (χ0) is 20.0. The fourth-order valence-electron chi connectivity index (χ4n) is 2.97. The minimum atomic E-state index is -0.535. The van der Waals surface area contributed by atoms with Crippen LogP contribution in [-0.4, -0.2) is 42.4 Å². The normalized spacial score (nSPS) is 15.3. The van der Waals surface area contributed by atoms with E-state index in [0.29, 0.717) is 44.0 Å². The predicted molar refractivity (Wildman–Crippen MR) is 103 cm³/mol. The van der Waals surface area contributed by atoms with Crippen molar-refractivity contribution in [3.63, 3.8) is 0 Å². The van der Waals surface area contributed by atoms with E-state index in [1.54, 1.807) is 12.1 Å². The molecule has 8 nitrogen and oxygen atoms in total. The largest absolute Gasteiger partial charge is 0.493 e. The van der Waals surface area contributed by atoms with Gasteiger partial charge in [-0.05, 0) is 52.2 Å². The van der Waals surface area contributed by atoms with Crippen molar-refractivity contribution in [2.75, 3.05) is 24.6 Å². The third-order valence-corrected chi connectivity index (χ3v) is 4.17. The lowest BCUT2D eigenvalue weighted by molar-refractivity contribution is -0.384. The fourth-order valence-corrected chi connectivity index (χ4v) is 2.97. The zero-order valence-electron chi connectivity index (χ0n) is 16.5. The van der Waals surface area contributed by atoms with E-state index in [9.17, 15) is 14.9 Å². The maximum atomic E-state index is 11.9. The van der Waals surface area contributed by atoms with Crippen molar-refractivity contribution >= 4 is 17.5 Å². The molecule has 27 heavy (non-hydrogen) atoms. The number of hydrogen-bond donors (Lipinski definition) is 1. The van der Waals surface area contributed by atoms with Crippen molar-refractivity contribution in [2.24, 2.45) is 0 Å². The molecule has 0 spiro atoms. The van der Waals surface area contributed by atoms with Gasteiger partial charge in [0.2, 0.25) is 0 Å². The maximum absolute atomic E-state index is 11.9. The Kier molecular flexibility index (Phi) is 6.87. The molecule has 1 aliphatic heterocycles. The highest BCUT2D eigenvalue weighted by molar-refractivity contribution is 5.68. The van der Waals surface area contributed by atoms with Crippen LogP contribution in [0.3, 0.4) is 0 Å². The van der Waals surface area contributed by atoms with Gasteiger partial charge in [-0.2, -0.15) is 0 Å². The highest BCUT2D eigenvalue weighted by Gasteiger charge is 2.27. The predicted octanol–water partition coefficient (Wildman–Crippen LogP) is 3.88. The first-order valence-electron chi connectivity index (χ1n) is 9.35. The molecule has 2 rings (SSSR count). The van der Waals surface area contributed by atoms with Crippen LogP contribution in [0.2, 0.25) is 0 Å². The van der Waals surface area contributed by atoms with Gasteiger partial charge in [-0.15, -0.1) is 0 Å². The lowest BCUT2D eigenvalue weighted by Gasteiger charge is -2.34. The quantitative estimate of drug-likeness (QED) is 0.595. The molecule has 1 N–H and O–H groups in total. The Morgan fingerprint density at radius 3 is 2.56 bits per heavy atom. The molecule has 0 aliphatic carbocycles. The van der Waals surface area contributed by atoms with Gasteiger partial charge in [-0.3, -0.25) is 10.1 Å². The van der Waals surface area contributed by atoms with Crippen LogP contribution in [0.25, 0.3) is 0 Å². The summed E-state index contributed by atoms with van der Waals surface area (Å²) in [6, 6.07) is 4.99. The van der Waals surface area contributed by atoms with E-state index in [0.717, 1.165) is 6.42 Å². The number of hydrogen-bond acceptors (Lipinski definition) is 6.